The van der Waals surface area contributed by atoms with Gasteiger partial charge in [-0.25, -0.2) is 0 Å². The number of hydrogen-bond donors (Lipinski definition) is 2. The van der Waals surface area contributed by atoms with Gasteiger partial charge in [0.25, 0.3) is 0 Å². The predicted octanol–water partition coefficient (Wildman–Crippen LogP) is 3.84. The summed E-state index contributed by atoms with van der Waals surface area (Å²) < 4.78 is 11.2. The van der Waals surface area contributed by atoms with Gasteiger partial charge in [-0.1, -0.05) is 30.3 Å². The molecule has 2 N–H and O–H groups in total. The molecular weight excluding hydrogens is 441 g/mol. The molecule has 26 heavy (non-hydrogen) atoms. The van der Waals surface area contributed by atoms with Crippen LogP contribution in [-0.4, -0.2) is 32.8 Å². The van der Waals surface area contributed by atoms with Crippen molar-refractivity contribution < 1.29 is 9.47 Å². The largest absolute Gasteiger partial charge is 0.494 e. The van der Waals surface area contributed by atoms with Crippen molar-refractivity contribution in [2.75, 3.05) is 26.8 Å². The van der Waals surface area contributed by atoms with Gasteiger partial charge >= 0.3 is 0 Å². The van der Waals surface area contributed by atoms with Gasteiger partial charge in [-0.2, -0.15) is 0 Å². The molecule has 0 fully saturated rings. The van der Waals surface area contributed by atoms with Gasteiger partial charge in [0.2, 0.25) is 0 Å². The van der Waals surface area contributed by atoms with E-state index in [0.717, 1.165) is 36.0 Å². The topological polar surface area (TPSA) is 54.9 Å². The number of ether oxygens (including phenoxy) is 2. The van der Waals surface area contributed by atoms with Crippen molar-refractivity contribution in [3.8, 4) is 11.5 Å². The molecule has 2 rings (SSSR count). The Hall–Kier alpha value is -1.96. The van der Waals surface area contributed by atoms with Crippen LogP contribution in [0.2, 0.25) is 0 Å². The number of benzene rings is 2. The first kappa shape index (κ1) is 22.1. The summed E-state index contributed by atoms with van der Waals surface area (Å²) in [5.41, 5.74) is 1.15. The molecule has 0 heterocycles. The van der Waals surface area contributed by atoms with E-state index in [2.05, 4.69) is 21.7 Å². The summed E-state index contributed by atoms with van der Waals surface area (Å²) in [6, 6.07) is 17.9. The second-order valence-corrected chi connectivity index (χ2v) is 5.45. The van der Waals surface area contributed by atoms with Crippen molar-refractivity contribution in [1.29, 1.82) is 0 Å². The second kappa shape index (κ2) is 13.3. The molecule has 2 aromatic carbocycles. The molecule has 0 aliphatic carbocycles. The summed E-state index contributed by atoms with van der Waals surface area (Å²) >= 11 is 0. The van der Waals surface area contributed by atoms with Gasteiger partial charge in [0.1, 0.15) is 11.5 Å². The van der Waals surface area contributed by atoms with Crippen molar-refractivity contribution in [2.24, 2.45) is 4.99 Å². The summed E-state index contributed by atoms with van der Waals surface area (Å²) in [7, 11) is 1.77. The van der Waals surface area contributed by atoms with Gasteiger partial charge in [0.15, 0.2) is 5.96 Å². The van der Waals surface area contributed by atoms with E-state index in [1.54, 1.807) is 7.05 Å². The minimum atomic E-state index is 0. The lowest BCUT2D eigenvalue weighted by molar-refractivity contribution is 0.311. The number of rotatable bonds is 9. The minimum absolute atomic E-state index is 0. The molecular formula is C20H28IN3O2. The fraction of sp³-hybridized carbons (Fsp3) is 0.350. The van der Waals surface area contributed by atoms with Crippen LogP contribution in [0.15, 0.2) is 59.6 Å². The Labute approximate surface area is 173 Å². The average molecular weight is 469 g/mol. The summed E-state index contributed by atoms with van der Waals surface area (Å²) in [5, 5.41) is 6.60. The van der Waals surface area contributed by atoms with Crippen LogP contribution in [-0.2, 0) is 6.54 Å². The molecule has 0 atom stereocenters. The SMILES string of the molecule is CCOc1cccc(CNC(=NC)NCCCOc2ccccc2)c1.I. The Bertz CT molecular complexity index is 651. The third kappa shape index (κ3) is 8.42. The Morgan fingerprint density at radius 2 is 1.73 bits per heavy atom. The number of hydrogen-bond acceptors (Lipinski definition) is 3. The van der Waals surface area contributed by atoms with E-state index < -0.39 is 0 Å². The van der Waals surface area contributed by atoms with E-state index in [1.165, 1.54) is 0 Å². The molecule has 0 unspecified atom stereocenters. The Morgan fingerprint density at radius 3 is 2.46 bits per heavy atom. The number of nitrogens with one attached hydrogen (secondary N) is 2. The number of guanidine groups is 1. The van der Waals surface area contributed by atoms with Crippen LogP contribution in [0.25, 0.3) is 0 Å². The van der Waals surface area contributed by atoms with E-state index >= 15 is 0 Å². The van der Waals surface area contributed by atoms with Crippen molar-refractivity contribution >= 4 is 29.9 Å². The normalized spacial score (nSPS) is 10.6. The molecule has 0 aliphatic heterocycles. The fourth-order valence-electron chi connectivity index (χ4n) is 2.30. The Kier molecular flexibility index (Phi) is 11.3. The third-order valence-corrected chi connectivity index (χ3v) is 3.52. The minimum Gasteiger partial charge on any atom is -0.494 e. The molecule has 0 amide bonds. The van der Waals surface area contributed by atoms with E-state index in [-0.39, 0.29) is 24.0 Å². The molecule has 142 valence electrons. The zero-order valence-corrected chi connectivity index (χ0v) is 17.7. The molecule has 0 bridgehead atoms. The van der Waals surface area contributed by atoms with Gasteiger partial charge in [-0.05, 0) is 43.2 Å². The highest BCUT2D eigenvalue weighted by molar-refractivity contribution is 14.0. The standard InChI is InChI=1S/C20H27N3O2.HI/c1-3-24-19-12-7-9-17(15-19)16-23-20(21-2)22-13-8-14-25-18-10-5-4-6-11-18;/h4-7,9-12,15H,3,8,13-14,16H2,1-2H3,(H2,21,22,23);1H. The molecule has 0 spiro atoms. The van der Waals surface area contributed by atoms with Gasteiger partial charge in [-0.3, -0.25) is 4.99 Å². The van der Waals surface area contributed by atoms with Gasteiger partial charge < -0.3 is 20.1 Å². The molecule has 0 aliphatic rings. The first-order chi connectivity index (χ1) is 12.3. The molecule has 6 heteroatoms. The van der Waals surface area contributed by atoms with Gasteiger partial charge in [0, 0.05) is 20.1 Å². The predicted molar refractivity (Wildman–Crippen MR) is 118 cm³/mol. The lowest BCUT2D eigenvalue weighted by Gasteiger charge is -2.13. The fourth-order valence-corrected chi connectivity index (χ4v) is 2.30. The number of nitrogens with zero attached hydrogens (tertiary/aromatic N) is 1. The maximum atomic E-state index is 5.67. The highest BCUT2D eigenvalue weighted by Crippen LogP contribution is 2.13. The summed E-state index contributed by atoms with van der Waals surface area (Å²) in [6.07, 6.45) is 0.898. The third-order valence-electron chi connectivity index (χ3n) is 3.52. The van der Waals surface area contributed by atoms with E-state index in [9.17, 15) is 0 Å². The van der Waals surface area contributed by atoms with Crippen molar-refractivity contribution in [3.05, 3.63) is 60.2 Å². The smallest absolute Gasteiger partial charge is 0.191 e. The summed E-state index contributed by atoms with van der Waals surface area (Å²) in [4.78, 5) is 4.24. The average Bonchev–Trinajstić information content (AvgIpc) is 2.65. The molecule has 2 aromatic rings. The lowest BCUT2D eigenvalue weighted by atomic mass is 10.2. The summed E-state index contributed by atoms with van der Waals surface area (Å²) in [5.74, 6) is 2.57. The molecule has 0 aromatic heterocycles. The van der Waals surface area contributed by atoms with Crippen molar-refractivity contribution in [2.45, 2.75) is 19.9 Å². The highest BCUT2D eigenvalue weighted by atomic mass is 127. The van der Waals surface area contributed by atoms with E-state index in [0.29, 0.717) is 19.8 Å². The number of halogens is 1. The van der Waals surface area contributed by atoms with Crippen LogP contribution >= 0.6 is 24.0 Å². The number of aliphatic imine (C=N–C) groups is 1. The van der Waals surface area contributed by atoms with Crippen LogP contribution in [0, 0.1) is 0 Å². The molecule has 5 nitrogen and oxygen atoms in total. The maximum Gasteiger partial charge on any atom is 0.191 e. The molecule has 0 radical (unpaired) electrons. The van der Waals surface area contributed by atoms with Gasteiger partial charge in [0.05, 0.1) is 13.2 Å². The monoisotopic (exact) mass is 469 g/mol. The Morgan fingerprint density at radius 1 is 0.962 bits per heavy atom. The van der Waals surface area contributed by atoms with Crippen molar-refractivity contribution in [3.63, 3.8) is 0 Å². The summed E-state index contributed by atoms with van der Waals surface area (Å²) in [6.45, 7) is 4.82. The zero-order chi connectivity index (χ0) is 17.7. The van der Waals surface area contributed by atoms with Crippen LogP contribution in [0.5, 0.6) is 11.5 Å². The number of para-hydroxylation sites is 1. The van der Waals surface area contributed by atoms with E-state index in [1.807, 2.05) is 55.5 Å². The van der Waals surface area contributed by atoms with Crippen LogP contribution in [0.1, 0.15) is 18.9 Å². The second-order valence-electron chi connectivity index (χ2n) is 5.45. The van der Waals surface area contributed by atoms with Crippen LogP contribution in [0.3, 0.4) is 0 Å². The quantitative estimate of drug-likeness (QED) is 0.254. The maximum absolute atomic E-state index is 5.67. The van der Waals surface area contributed by atoms with Gasteiger partial charge in [-0.15, -0.1) is 24.0 Å². The first-order valence-electron chi connectivity index (χ1n) is 8.66. The zero-order valence-electron chi connectivity index (χ0n) is 15.4. The Balaban J connectivity index is 0.00000338. The molecule has 0 saturated carbocycles. The molecule has 0 saturated heterocycles. The van der Waals surface area contributed by atoms with Crippen LogP contribution < -0.4 is 20.1 Å². The van der Waals surface area contributed by atoms with E-state index in [4.69, 9.17) is 9.47 Å². The van der Waals surface area contributed by atoms with Crippen LogP contribution in [0.4, 0.5) is 0 Å². The lowest BCUT2D eigenvalue weighted by Crippen LogP contribution is -2.37. The first-order valence-corrected chi connectivity index (χ1v) is 8.66. The highest BCUT2D eigenvalue weighted by Gasteiger charge is 2.00. The van der Waals surface area contributed by atoms with Crippen molar-refractivity contribution in [1.82, 2.24) is 10.6 Å².